The van der Waals surface area contributed by atoms with Crippen molar-refractivity contribution in [2.75, 3.05) is 18.0 Å². The Balaban J connectivity index is 1.20. The molecule has 0 N–H and O–H groups in total. The minimum atomic E-state index is 0.0174. The van der Waals surface area contributed by atoms with Gasteiger partial charge in [-0.25, -0.2) is 0 Å². The lowest BCUT2D eigenvalue weighted by Crippen LogP contribution is -2.41. The van der Waals surface area contributed by atoms with E-state index in [1.165, 1.54) is 240 Å². The van der Waals surface area contributed by atoms with Crippen LogP contribution < -0.4 is 4.90 Å². The molecule has 0 aliphatic carbocycles. The fourth-order valence-electron chi connectivity index (χ4n) is 11.0. The molecule has 344 valence electrons. The summed E-state index contributed by atoms with van der Waals surface area (Å²) in [7, 11) is 0. The van der Waals surface area contributed by atoms with Crippen molar-refractivity contribution in [3.8, 4) is 0 Å². The number of anilines is 1. The Morgan fingerprint density at radius 3 is 1.34 bits per heavy atom. The molecule has 2 heteroatoms. The van der Waals surface area contributed by atoms with Crippen molar-refractivity contribution >= 4 is 17.1 Å². The molecule has 0 radical (unpaired) electrons. The van der Waals surface area contributed by atoms with Gasteiger partial charge in [0.05, 0.1) is 5.41 Å². The molecule has 2 aromatic rings. The zero-order valence-electron chi connectivity index (χ0n) is 41.5. The van der Waals surface area contributed by atoms with Crippen LogP contribution in [0.5, 0.6) is 0 Å². The Bertz CT molecular complexity index is 1490. The lowest BCUT2D eigenvalue weighted by Gasteiger charge is -2.34. The van der Waals surface area contributed by atoms with E-state index >= 15 is 0 Å². The number of para-hydroxylation sites is 2. The summed E-state index contributed by atoms with van der Waals surface area (Å²) in [6.45, 7) is 16.9. The summed E-state index contributed by atoms with van der Waals surface area (Å²) in [6.07, 6.45) is 51.7. The maximum atomic E-state index is 2.80. The summed E-state index contributed by atoms with van der Waals surface area (Å²) in [4.78, 5) is 2.80. The average molecular weight is 836 g/mol. The predicted octanol–water partition coefficient (Wildman–Crippen LogP) is 18.7. The number of allylic oxidation sites excluding steroid dienone is 1. The zero-order valence-corrected chi connectivity index (χ0v) is 41.5. The van der Waals surface area contributed by atoms with Crippen LogP contribution in [0.4, 0.5) is 11.4 Å². The molecule has 61 heavy (non-hydrogen) atoms. The van der Waals surface area contributed by atoms with E-state index in [4.69, 9.17) is 0 Å². The zero-order chi connectivity index (χ0) is 43.4. The maximum absolute atomic E-state index is 2.80. The standard InChI is InChI=1S/C59H99N2/c1-7-9-11-13-15-17-19-21-23-25-27-29-31-33-35-41-50-60-54-46-39-37-44-52(54)58(3,4)56(60)48-43-49-57-59(5,6)53-45-38-40-47-55(53)61(57)51-42-36-34-32-30-28-26-24-22-20-18-16-14-12-10-8-2/h37-40,43-48,57H,7-36,41-42,49-51H2,1-6H3/q+1. The first kappa shape index (κ1) is 51.3. The van der Waals surface area contributed by atoms with Crippen molar-refractivity contribution in [3.05, 3.63) is 71.8 Å². The second-order valence-electron chi connectivity index (χ2n) is 20.9. The number of hydrogen-bond acceptors (Lipinski definition) is 1. The summed E-state index contributed by atoms with van der Waals surface area (Å²) < 4.78 is 2.69. The highest BCUT2D eigenvalue weighted by Gasteiger charge is 2.45. The molecule has 2 aliphatic rings. The molecule has 2 nitrogen and oxygen atoms in total. The van der Waals surface area contributed by atoms with Gasteiger partial charge in [0.15, 0.2) is 5.71 Å². The van der Waals surface area contributed by atoms with Gasteiger partial charge in [-0.3, -0.25) is 0 Å². The van der Waals surface area contributed by atoms with Crippen molar-refractivity contribution in [2.45, 2.75) is 270 Å². The second kappa shape index (κ2) is 29.9. The van der Waals surface area contributed by atoms with Crippen LogP contribution in [0.25, 0.3) is 0 Å². The van der Waals surface area contributed by atoms with E-state index in [9.17, 15) is 0 Å². The van der Waals surface area contributed by atoms with Gasteiger partial charge in [0.2, 0.25) is 5.69 Å². The number of rotatable bonds is 37. The SMILES string of the molecule is CCCCCCCCCCCCCCCCCCN1c2ccccc2C(C)(C)C1CC=CC1=[N+](CCCCCCCCCCCCCCCCCC)c2ccccc2C1(C)C. The molecular weight excluding hydrogens is 737 g/mol. The lowest BCUT2D eigenvalue weighted by atomic mass is 9.78. The van der Waals surface area contributed by atoms with Crippen molar-refractivity contribution in [1.82, 2.24) is 0 Å². The molecule has 4 rings (SSSR count). The Morgan fingerprint density at radius 1 is 0.475 bits per heavy atom. The third-order valence-corrected chi connectivity index (χ3v) is 15.0. The molecule has 1 unspecified atom stereocenters. The number of nitrogens with zero attached hydrogens (tertiary/aromatic N) is 2. The summed E-state index contributed by atoms with van der Waals surface area (Å²) in [5.41, 5.74) is 7.59. The fraction of sp³-hybridized carbons (Fsp3) is 0.746. The molecule has 0 aromatic heterocycles. The van der Waals surface area contributed by atoms with E-state index < -0.39 is 0 Å². The Morgan fingerprint density at radius 2 is 0.869 bits per heavy atom. The molecule has 0 saturated heterocycles. The third kappa shape index (κ3) is 17.3. The van der Waals surface area contributed by atoms with Crippen LogP contribution in [0, 0.1) is 0 Å². The Labute approximate surface area is 380 Å². The van der Waals surface area contributed by atoms with E-state index in [-0.39, 0.29) is 10.8 Å². The predicted molar refractivity (Wildman–Crippen MR) is 273 cm³/mol. The number of fused-ring (bicyclic) bond motifs is 2. The first-order valence-corrected chi connectivity index (χ1v) is 27.1. The van der Waals surface area contributed by atoms with E-state index in [1.807, 2.05) is 0 Å². The highest BCUT2D eigenvalue weighted by molar-refractivity contribution is 6.03. The monoisotopic (exact) mass is 836 g/mol. The lowest BCUT2D eigenvalue weighted by molar-refractivity contribution is -0.438. The van der Waals surface area contributed by atoms with Gasteiger partial charge < -0.3 is 4.90 Å². The van der Waals surface area contributed by atoms with Crippen LogP contribution in [0.2, 0.25) is 0 Å². The number of hydrogen-bond donors (Lipinski definition) is 0. The molecule has 0 spiro atoms. The van der Waals surface area contributed by atoms with E-state index in [2.05, 4.69) is 112 Å². The average Bonchev–Trinajstić information content (AvgIpc) is 3.61. The van der Waals surface area contributed by atoms with Crippen LogP contribution in [0.1, 0.15) is 265 Å². The van der Waals surface area contributed by atoms with Gasteiger partial charge in [-0.2, -0.15) is 4.58 Å². The minimum absolute atomic E-state index is 0.0174. The smallest absolute Gasteiger partial charge is 0.209 e. The molecule has 0 bridgehead atoms. The van der Waals surface area contributed by atoms with E-state index in [0.29, 0.717) is 6.04 Å². The summed E-state index contributed by atoms with van der Waals surface area (Å²) in [6, 6.07) is 19.1. The quantitative estimate of drug-likeness (QED) is 0.0485. The van der Waals surface area contributed by atoms with Gasteiger partial charge in [0.1, 0.15) is 6.54 Å². The van der Waals surface area contributed by atoms with Crippen molar-refractivity contribution < 1.29 is 4.58 Å². The van der Waals surface area contributed by atoms with Crippen LogP contribution in [0.15, 0.2) is 60.7 Å². The summed E-state index contributed by atoms with van der Waals surface area (Å²) in [5.74, 6) is 0. The van der Waals surface area contributed by atoms with Gasteiger partial charge in [0.25, 0.3) is 0 Å². The highest BCUT2D eigenvalue weighted by Crippen LogP contribution is 2.47. The van der Waals surface area contributed by atoms with E-state index in [1.54, 1.807) is 0 Å². The van der Waals surface area contributed by atoms with Gasteiger partial charge >= 0.3 is 0 Å². The Kier molecular flexibility index (Phi) is 25.1. The highest BCUT2D eigenvalue weighted by atomic mass is 15.2. The molecular formula is C59H99N2+. The Hall–Kier alpha value is -2.35. The second-order valence-corrected chi connectivity index (χ2v) is 20.9. The number of benzene rings is 2. The van der Waals surface area contributed by atoms with Crippen LogP contribution in [-0.4, -0.2) is 29.4 Å². The van der Waals surface area contributed by atoms with Crippen LogP contribution >= 0.6 is 0 Å². The van der Waals surface area contributed by atoms with Crippen LogP contribution in [0.3, 0.4) is 0 Å². The minimum Gasteiger partial charge on any atom is -0.367 e. The number of unbranched alkanes of at least 4 members (excludes halogenated alkanes) is 30. The largest absolute Gasteiger partial charge is 0.367 e. The van der Waals surface area contributed by atoms with Crippen molar-refractivity contribution in [2.24, 2.45) is 0 Å². The van der Waals surface area contributed by atoms with Gasteiger partial charge in [0, 0.05) is 47.8 Å². The molecule has 2 aromatic carbocycles. The van der Waals surface area contributed by atoms with Crippen LogP contribution in [-0.2, 0) is 10.8 Å². The molecule has 2 aliphatic heterocycles. The molecule has 1 atom stereocenters. The van der Waals surface area contributed by atoms with Gasteiger partial charge in [-0.1, -0.05) is 256 Å². The first-order chi connectivity index (χ1) is 29.8. The topological polar surface area (TPSA) is 6.25 Å². The van der Waals surface area contributed by atoms with Gasteiger partial charge in [-0.15, -0.1) is 0 Å². The van der Waals surface area contributed by atoms with Gasteiger partial charge in [-0.05, 0) is 44.7 Å². The van der Waals surface area contributed by atoms with Crippen molar-refractivity contribution in [1.29, 1.82) is 0 Å². The molecule has 0 amide bonds. The fourth-order valence-corrected chi connectivity index (χ4v) is 11.0. The summed E-state index contributed by atoms with van der Waals surface area (Å²) in [5, 5.41) is 0. The maximum Gasteiger partial charge on any atom is 0.209 e. The van der Waals surface area contributed by atoms with E-state index in [0.717, 1.165) is 13.0 Å². The molecule has 0 fully saturated rings. The summed E-state index contributed by atoms with van der Waals surface area (Å²) >= 11 is 0. The molecule has 2 heterocycles. The third-order valence-electron chi connectivity index (χ3n) is 15.0. The normalized spacial score (nSPS) is 16.6. The van der Waals surface area contributed by atoms with Crippen molar-refractivity contribution in [3.63, 3.8) is 0 Å². The first-order valence-electron chi connectivity index (χ1n) is 27.1. The molecule has 0 saturated carbocycles.